The molecule has 2 heterocycles. The van der Waals surface area contributed by atoms with Crippen molar-refractivity contribution in [3.05, 3.63) is 53.5 Å². The number of aliphatic hydroxyl groups excluding tert-OH is 1. The van der Waals surface area contributed by atoms with Crippen molar-refractivity contribution in [2.45, 2.75) is 19.1 Å². The Morgan fingerprint density at radius 2 is 2.06 bits per heavy atom. The van der Waals surface area contributed by atoms with Crippen molar-refractivity contribution in [3.8, 4) is 5.75 Å². The summed E-state index contributed by atoms with van der Waals surface area (Å²) in [6.07, 6.45) is -0.150. The molecule has 0 amide bonds. The summed E-state index contributed by atoms with van der Waals surface area (Å²) in [5.74, 6) is 1.67. The van der Waals surface area contributed by atoms with Crippen molar-refractivity contribution in [2.24, 2.45) is 0 Å². The predicted molar refractivity (Wildman–Crippen MR) is 63.4 cm³/mol. The molecule has 3 rings (SSSR count). The van der Waals surface area contributed by atoms with E-state index in [9.17, 15) is 4.79 Å². The van der Waals surface area contributed by atoms with E-state index in [-0.39, 0.29) is 18.8 Å². The molecule has 0 spiro atoms. The second kappa shape index (κ2) is 4.31. The Balaban J connectivity index is 1.92. The van der Waals surface area contributed by atoms with Crippen LogP contribution in [0.3, 0.4) is 0 Å². The van der Waals surface area contributed by atoms with Gasteiger partial charge in [-0.15, -0.1) is 0 Å². The van der Waals surface area contributed by atoms with E-state index in [1.54, 1.807) is 24.3 Å². The quantitative estimate of drug-likeness (QED) is 0.881. The highest BCUT2D eigenvalue weighted by Gasteiger charge is 2.29. The fraction of sp³-hybridized carbons (Fsp3) is 0.214. The van der Waals surface area contributed by atoms with Gasteiger partial charge in [0.1, 0.15) is 23.9 Å². The highest BCUT2D eigenvalue weighted by Crippen LogP contribution is 2.35. The molecule has 18 heavy (non-hydrogen) atoms. The second-order valence-corrected chi connectivity index (χ2v) is 4.19. The number of Topliss-reactive ketones (excluding diaryl/α,β-unsaturated/α-hetero) is 1. The zero-order valence-electron chi connectivity index (χ0n) is 9.63. The van der Waals surface area contributed by atoms with Crippen LogP contribution < -0.4 is 4.74 Å². The molecular weight excluding hydrogens is 232 g/mol. The van der Waals surface area contributed by atoms with Gasteiger partial charge in [0.05, 0.1) is 12.0 Å². The molecule has 0 saturated carbocycles. The average Bonchev–Trinajstić information content (AvgIpc) is 2.87. The van der Waals surface area contributed by atoms with Gasteiger partial charge < -0.3 is 14.3 Å². The maximum absolute atomic E-state index is 12.0. The van der Waals surface area contributed by atoms with Gasteiger partial charge in [-0.25, -0.2) is 0 Å². The average molecular weight is 244 g/mol. The van der Waals surface area contributed by atoms with Gasteiger partial charge >= 0.3 is 0 Å². The highest BCUT2D eigenvalue weighted by molar-refractivity contribution is 5.99. The van der Waals surface area contributed by atoms with E-state index in [1.807, 2.05) is 12.1 Å². The monoisotopic (exact) mass is 244 g/mol. The number of ketones is 1. The van der Waals surface area contributed by atoms with Crippen molar-refractivity contribution in [1.29, 1.82) is 0 Å². The number of hydrogen-bond donors (Lipinski definition) is 1. The van der Waals surface area contributed by atoms with E-state index in [4.69, 9.17) is 14.3 Å². The number of benzene rings is 1. The number of furan rings is 1. The number of fused-ring (bicyclic) bond motifs is 1. The first-order valence-corrected chi connectivity index (χ1v) is 5.76. The van der Waals surface area contributed by atoms with Crippen molar-refractivity contribution >= 4 is 5.78 Å². The van der Waals surface area contributed by atoms with Crippen LogP contribution in [0.25, 0.3) is 0 Å². The Morgan fingerprint density at radius 1 is 1.22 bits per heavy atom. The van der Waals surface area contributed by atoms with Crippen LogP contribution in [-0.4, -0.2) is 10.9 Å². The highest BCUT2D eigenvalue weighted by atomic mass is 16.5. The smallest absolute Gasteiger partial charge is 0.170 e. The third-order valence-electron chi connectivity index (χ3n) is 2.98. The van der Waals surface area contributed by atoms with E-state index >= 15 is 0 Å². The van der Waals surface area contributed by atoms with E-state index < -0.39 is 6.10 Å². The topological polar surface area (TPSA) is 59.7 Å². The first kappa shape index (κ1) is 11.0. The van der Waals surface area contributed by atoms with Crippen LogP contribution in [0, 0.1) is 0 Å². The van der Waals surface area contributed by atoms with Crippen molar-refractivity contribution in [2.75, 3.05) is 0 Å². The Hall–Kier alpha value is -2.07. The summed E-state index contributed by atoms with van der Waals surface area (Å²) in [5.41, 5.74) is 0.614. The maximum atomic E-state index is 12.0. The number of rotatable bonds is 2. The Morgan fingerprint density at radius 3 is 2.83 bits per heavy atom. The van der Waals surface area contributed by atoms with Gasteiger partial charge in [0.2, 0.25) is 0 Å². The molecule has 0 bridgehead atoms. The third kappa shape index (κ3) is 1.80. The van der Waals surface area contributed by atoms with Gasteiger partial charge in [0.15, 0.2) is 11.9 Å². The van der Waals surface area contributed by atoms with Crippen LogP contribution in [-0.2, 0) is 6.61 Å². The summed E-state index contributed by atoms with van der Waals surface area (Å²) in [7, 11) is 0. The Labute approximate surface area is 104 Å². The standard InChI is InChI=1S/C14H12O4/c15-8-9-5-6-13(17-9)14-7-11(16)10-3-1-2-4-12(10)18-14/h1-6,14-15H,7-8H2. The minimum atomic E-state index is -0.410. The number of hydrogen-bond acceptors (Lipinski definition) is 4. The maximum Gasteiger partial charge on any atom is 0.170 e. The molecule has 1 aromatic heterocycles. The molecule has 4 nitrogen and oxygen atoms in total. The Bertz CT molecular complexity index is 585. The molecule has 92 valence electrons. The summed E-state index contributed by atoms with van der Waals surface area (Å²) in [6, 6.07) is 10.6. The SMILES string of the molecule is O=C1CC(c2ccc(CO)o2)Oc2ccccc21. The number of carbonyl (C=O) groups excluding carboxylic acids is 1. The largest absolute Gasteiger partial charge is 0.481 e. The lowest BCUT2D eigenvalue weighted by atomic mass is 10.00. The predicted octanol–water partition coefficient (Wildman–Crippen LogP) is 2.48. The molecule has 0 saturated heterocycles. The van der Waals surface area contributed by atoms with Crippen LogP contribution in [0.15, 0.2) is 40.8 Å². The molecule has 1 aliphatic heterocycles. The summed E-state index contributed by atoms with van der Waals surface area (Å²) >= 11 is 0. The molecular formula is C14H12O4. The summed E-state index contributed by atoms with van der Waals surface area (Å²) in [5, 5.41) is 8.96. The van der Waals surface area contributed by atoms with Crippen LogP contribution in [0.2, 0.25) is 0 Å². The number of para-hydroxylation sites is 1. The van der Waals surface area contributed by atoms with Gasteiger partial charge in [-0.2, -0.15) is 0 Å². The minimum Gasteiger partial charge on any atom is -0.481 e. The number of ether oxygens (including phenoxy) is 1. The molecule has 2 aromatic rings. The molecule has 0 fully saturated rings. The fourth-order valence-electron chi connectivity index (χ4n) is 2.08. The molecule has 4 heteroatoms. The van der Waals surface area contributed by atoms with E-state index in [0.717, 1.165) is 0 Å². The number of carbonyl (C=O) groups is 1. The van der Waals surface area contributed by atoms with Gasteiger partial charge in [0, 0.05) is 0 Å². The lowest BCUT2D eigenvalue weighted by Gasteiger charge is -2.23. The molecule has 0 aliphatic carbocycles. The lowest BCUT2D eigenvalue weighted by molar-refractivity contribution is 0.0811. The second-order valence-electron chi connectivity index (χ2n) is 4.19. The molecule has 1 atom stereocenters. The summed E-state index contributed by atoms with van der Waals surface area (Å²) < 4.78 is 11.2. The summed E-state index contributed by atoms with van der Waals surface area (Å²) in [6.45, 7) is -0.156. The lowest BCUT2D eigenvalue weighted by Crippen LogP contribution is -2.19. The first-order valence-electron chi connectivity index (χ1n) is 5.76. The molecule has 0 radical (unpaired) electrons. The van der Waals surface area contributed by atoms with Gasteiger partial charge in [-0.3, -0.25) is 4.79 Å². The van der Waals surface area contributed by atoms with Crippen molar-refractivity contribution in [3.63, 3.8) is 0 Å². The molecule has 1 N–H and O–H groups in total. The van der Waals surface area contributed by atoms with Crippen LogP contribution >= 0.6 is 0 Å². The zero-order valence-corrected chi connectivity index (χ0v) is 9.63. The minimum absolute atomic E-state index is 0.0452. The fourth-order valence-corrected chi connectivity index (χ4v) is 2.08. The molecule has 1 aliphatic rings. The van der Waals surface area contributed by atoms with Crippen LogP contribution in [0.4, 0.5) is 0 Å². The van der Waals surface area contributed by atoms with Crippen molar-refractivity contribution in [1.82, 2.24) is 0 Å². The normalized spacial score (nSPS) is 18.3. The van der Waals surface area contributed by atoms with Crippen LogP contribution in [0.5, 0.6) is 5.75 Å². The number of aliphatic hydroxyl groups is 1. The van der Waals surface area contributed by atoms with Gasteiger partial charge in [-0.1, -0.05) is 12.1 Å². The van der Waals surface area contributed by atoms with Gasteiger partial charge in [0.25, 0.3) is 0 Å². The third-order valence-corrected chi connectivity index (χ3v) is 2.98. The van der Waals surface area contributed by atoms with Crippen molar-refractivity contribution < 1.29 is 19.1 Å². The summed E-state index contributed by atoms with van der Waals surface area (Å²) in [4.78, 5) is 12.0. The van der Waals surface area contributed by atoms with E-state index in [0.29, 0.717) is 22.8 Å². The molecule has 1 unspecified atom stereocenters. The first-order chi connectivity index (χ1) is 8.78. The van der Waals surface area contributed by atoms with Crippen LogP contribution in [0.1, 0.15) is 34.4 Å². The Kier molecular flexibility index (Phi) is 2.64. The molecule has 1 aromatic carbocycles. The van der Waals surface area contributed by atoms with Gasteiger partial charge in [-0.05, 0) is 24.3 Å². The van der Waals surface area contributed by atoms with E-state index in [1.165, 1.54) is 0 Å². The zero-order chi connectivity index (χ0) is 12.5. The van der Waals surface area contributed by atoms with E-state index in [2.05, 4.69) is 0 Å².